The van der Waals surface area contributed by atoms with Crippen LogP contribution in [0.5, 0.6) is 5.75 Å². The number of aryl methyl sites for hydroxylation is 1. The van der Waals surface area contributed by atoms with Crippen LogP contribution in [0.4, 0.5) is 0 Å². The fraction of sp³-hybridized carbons (Fsp3) is 0.176. The maximum atomic E-state index is 6.05. The minimum absolute atomic E-state index is 0.427. The summed E-state index contributed by atoms with van der Waals surface area (Å²) in [5.74, 6) is 1.64. The maximum absolute atomic E-state index is 6.05. The molecular weight excluding hydrogens is 367 g/mol. The molecule has 0 atom stereocenters. The van der Waals surface area contributed by atoms with Crippen LogP contribution >= 0.6 is 35.0 Å². The Kier molecular flexibility index (Phi) is 5.66. The van der Waals surface area contributed by atoms with Crippen LogP contribution in [0.3, 0.4) is 0 Å². The molecule has 24 heavy (non-hydrogen) atoms. The van der Waals surface area contributed by atoms with E-state index in [1.54, 1.807) is 18.2 Å². The fourth-order valence-electron chi connectivity index (χ4n) is 2.06. The Bertz CT molecular complexity index is 819. The van der Waals surface area contributed by atoms with Crippen molar-refractivity contribution < 1.29 is 9.15 Å². The van der Waals surface area contributed by atoms with Gasteiger partial charge in [-0.1, -0.05) is 58.7 Å². The van der Waals surface area contributed by atoms with Crippen LogP contribution in [0.1, 0.15) is 5.56 Å². The predicted molar refractivity (Wildman–Crippen MR) is 97.2 cm³/mol. The Morgan fingerprint density at radius 2 is 1.83 bits per heavy atom. The summed E-state index contributed by atoms with van der Waals surface area (Å²) in [7, 11) is 0. The first-order valence-electron chi connectivity index (χ1n) is 7.23. The molecule has 0 aliphatic carbocycles. The Labute approximate surface area is 154 Å². The van der Waals surface area contributed by atoms with Gasteiger partial charge in [-0.05, 0) is 31.2 Å². The smallest absolute Gasteiger partial charge is 0.276 e. The van der Waals surface area contributed by atoms with Gasteiger partial charge in [0.25, 0.3) is 5.22 Å². The van der Waals surface area contributed by atoms with Gasteiger partial charge in [0.1, 0.15) is 0 Å². The van der Waals surface area contributed by atoms with Gasteiger partial charge in [0, 0.05) is 11.3 Å². The molecule has 1 aromatic heterocycles. The van der Waals surface area contributed by atoms with Crippen LogP contribution in [0.2, 0.25) is 10.0 Å². The van der Waals surface area contributed by atoms with Gasteiger partial charge in [0.2, 0.25) is 5.89 Å². The first-order valence-corrected chi connectivity index (χ1v) is 8.98. The molecule has 0 bridgehead atoms. The molecule has 0 saturated heterocycles. The van der Waals surface area contributed by atoms with Crippen molar-refractivity contribution in [3.05, 3.63) is 58.1 Å². The largest absolute Gasteiger partial charge is 0.490 e. The normalized spacial score (nSPS) is 10.8. The summed E-state index contributed by atoms with van der Waals surface area (Å²) in [5.41, 5.74) is 2.05. The molecule has 0 N–H and O–H groups in total. The number of para-hydroxylation sites is 1. The van der Waals surface area contributed by atoms with Crippen molar-refractivity contribution in [1.29, 1.82) is 0 Å². The summed E-state index contributed by atoms with van der Waals surface area (Å²) >= 11 is 13.5. The molecule has 124 valence electrons. The van der Waals surface area contributed by atoms with Crippen molar-refractivity contribution in [2.75, 3.05) is 12.4 Å². The highest BCUT2D eigenvalue weighted by atomic mass is 35.5. The summed E-state index contributed by atoms with van der Waals surface area (Å²) in [6.45, 7) is 2.45. The average Bonchev–Trinajstić information content (AvgIpc) is 3.03. The van der Waals surface area contributed by atoms with E-state index in [-0.39, 0.29) is 0 Å². The third-order valence-electron chi connectivity index (χ3n) is 3.15. The summed E-state index contributed by atoms with van der Waals surface area (Å²) in [5, 5.41) is 9.60. The molecule has 0 spiro atoms. The number of hydrogen-bond donors (Lipinski definition) is 0. The SMILES string of the molecule is Cc1cccc(-c2nnc(SCCOc3c(Cl)cccc3Cl)o2)c1. The van der Waals surface area contributed by atoms with Crippen molar-refractivity contribution in [3.63, 3.8) is 0 Å². The Morgan fingerprint density at radius 1 is 1.08 bits per heavy atom. The van der Waals surface area contributed by atoms with Crippen LogP contribution < -0.4 is 4.74 Å². The minimum Gasteiger partial charge on any atom is -0.490 e. The highest BCUT2D eigenvalue weighted by Gasteiger charge is 2.10. The molecule has 0 aliphatic rings. The molecule has 0 saturated carbocycles. The quantitative estimate of drug-likeness (QED) is 0.415. The number of aromatic nitrogens is 2. The van der Waals surface area contributed by atoms with E-state index in [2.05, 4.69) is 10.2 Å². The molecule has 0 amide bonds. The molecule has 0 unspecified atom stereocenters. The molecule has 7 heteroatoms. The molecular formula is C17H14Cl2N2O2S. The van der Waals surface area contributed by atoms with Crippen molar-refractivity contribution in [1.82, 2.24) is 10.2 Å². The van der Waals surface area contributed by atoms with Crippen LogP contribution in [0.25, 0.3) is 11.5 Å². The van der Waals surface area contributed by atoms with E-state index in [4.69, 9.17) is 32.4 Å². The van der Waals surface area contributed by atoms with Crippen molar-refractivity contribution in [2.24, 2.45) is 0 Å². The van der Waals surface area contributed by atoms with E-state index < -0.39 is 0 Å². The highest BCUT2D eigenvalue weighted by molar-refractivity contribution is 7.99. The second kappa shape index (κ2) is 7.92. The summed E-state index contributed by atoms with van der Waals surface area (Å²) < 4.78 is 11.3. The van der Waals surface area contributed by atoms with Crippen LogP contribution in [0, 0.1) is 6.92 Å². The lowest BCUT2D eigenvalue weighted by atomic mass is 10.1. The Hall–Kier alpha value is -1.69. The topological polar surface area (TPSA) is 48.2 Å². The van der Waals surface area contributed by atoms with Crippen molar-refractivity contribution in [2.45, 2.75) is 12.1 Å². The van der Waals surface area contributed by atoms with Gasteiger partial charge in [0.05, 0.1) is 16.7 Å². The molecule has 0 fully saturated rings. The van der Waals surface area contributed by atoms with Crippen molar-refractivity contribution in [3.8, 4) is 17.2 Å². The number of rotatable bonds is 6. The number of halogens is 2. The zero-order valence-corrected chi connectivity index (χ0v) is 15.2. The first kappa shape index (κ1) is 17.1. The predicted octanol–water partition coefficient (Wildman–Crippen LogP) is 5.52. The maximum Gasteiger partial charge on any atom is 0.276 e. The molecule has 1 heterocycles. The van der Waals surface area contributed by atoms with Gasteiger partial charge in [-0.15, -0.1) is 10.2 Å². The molecule has 4 nitrogen and oxygen atoms in total. The standard InChI is InChI=1S/C17H14Cl2N2O2S/c1-11-4-2-5-12(10-11)16-20-21-17(23-16)24-9-8-22-15-13(18)6-3-7-14(15)19/h2-7,10H,8-9H2,1H3. The fourth-order valence-corrected chi connectivity index (χ4v) is 3.14. The van der Waals surface area contributed by atoms with Gasteiger partial charge in [-0.25, -0.2) is 0 Å². The van der Waals surface area contributed by atoms with Crippen LogP contribution in [-0.4, -0.2) is 22.6 Å². The van der Waals surface area contributed by atoms with Gasteiger partial charge in [-0.3, -0.25) is 0 Å². The second-order valence-electron chi connectivity index (χ2n) is 4.99. The lowest BCUT2D eigenvalue weighted by molar-refractivity contribution is 0.343. The number of thioether (sulfide) groups is 1. The monoisotopic (exact) mass is 380 g/mol. The van der Waals surface area contributed by atoms with Gasteiger partial charge < -0.3 is 9.15 Å². The van der Waals surface area contributed by atoms with Crippen LogP contribution in [0.15, 0.2) is 52.1 Å². The number of ether oxygens (including phenoxy) is 1. The average molecular weight is 381 g/mol. The van der Waals surface area contributed by atoms with Crippen molar-refractivity contribution >= 4 is 35.0 Å². The van der Waals surface area contributed by atoms with E-state index in [1.165, 1.54) is 11.8 Å². The van der Waals surface area contributed by atoms with Gasteiger partial charge >= 0.3 is 0 Å². The lowest BCUT2D eigenvalue weighted by Crippen LogP contribution is -2.01. The molecule has 0 radical (unpaired) electrons. The lowest BCUT2D eigenvalue weighted by Gasteiger charge is -2.08. The molecule has 2 aromatic carbocycles. The summed E-state index contributed by atoms with van der Waals surface area (Å²) in [6.07, 6.45) is 0. The second-order valence-corrected chi connectivity index (χ2v) is 6.85. The Balaban J connectivity index is 1.55. The van der Waals surface area contributed by atoms with E-state index in [0.29, 0.717) is 39.3 Å². The first-order chi connectivity index (χ1) is 11.6. The zero-order chi connectivity index (χ0) is 16.9. The Morgan fingerprint density at radius 3 is 2.58 bits per heavy atom. The number of benzene rings is 2. The third kappa shape index (κ3) is 4.23. The third-order valence-corrected chi connectivity index (χ3v) is 4.52. The van der Waals surface area contributed by atoms with Gasteiger partial charge in [-0.2, -0.15) is 0 Å². The summed E-state index contributed by atoms with van der Waals surface area (Å²) in [6, 6.07) is 13.2. The van der Waals surface area contributed by atoms with E-state index in [9.17, 15) is 0 Å². The van der Waals surface area contributed by atoms with E-state index >= 15 is 0 Å². The van der Waals surface area contributed by atoms with Gasteiger partial charge in [0.15, 0.2) is 5.75 Å². The highest BCUT2D eigenvalue weighted by Crippen LogP contribution is 2.32. The van der Waals surface area contributed by atoms with E-state index in [1.807, 2.05) is 31.2 Å². The summed E-state index contributed by atoms with van der Waals surface area (Å²) in [4.78, 5) is 0. The zero-order valence-electron chi connectivity index (χ0n) is 12.8. The molecule has 3 aromatic rings. The number of hydrogen-bond acceptors (Lipinski definition) is 5. The van der Waals surface area contributed by atoms with Crippen LogP contribution in [-0.2, 0) is 0 Å². The molecule has 3 rings (SSSR count). The van der Waals surface area contributed by atoms with E-state index in [0.717, 1.165) is 11.1 Å². The minimum atomic E-state index is 0.427. The molecule has 0 aliphatic heterocycles. The number of nitrogens with zero attached hydrogens (tertiary/aromatic N) is 2.